The van der Waals surface area contributed by atoms with Gasteiger partial charge in [-0.1, -0.05) is 0 Å². The summed E-state index contributed by atoms with van der Waals surface area (Å²) in [5, 5.41) is 3.61. The fraction of sp³-hybridized carbons (Fsp3) is 0.0769. The van der Waals surface area contributed by atoms with Crippen molar-refractivity contribution in [2.75, 3.05) is 6.54 Å². The van der Waals surface area contributed by atoms with E-state index >= 15 is 0 Å². The summed E-state index contributed by atoms with van der Waals surface area (Å²) in [5.41, 5.74) is 7.22. The van der Waals surface area contributed by atoms with Crippen LogP contribution in [0.15, 0.2) is 35.7 Å². The maximum atomic E-state index is 11.0. The lowest BCUT2D eigenvalue weighted by Crippen LogP contribution is -2.36. The molecule has 7 heteroatoms. The van der Waals surface area contributed by atoms with Gasteiger partial charge in [-0.3, -0.25) is 14.6 Å². The SMILES string of the molecule is NC(=O)C1=NCC(n2ccc3cc(C=O)cnc32)=CN1. The Labute approximate surface area is 113 Å². The Kier molecular flexibility index (Phi) is 2.79. The van der Waals surface area contributed by atoms with E-state index in [1.807, 2.05) is 16.8 Å². The second kappa shape index (κ2) is 4.61. The van der Waals surface area contributed by atoms with Gasteiger partial charge in [0.25, 0.3) is 5.91 Å². The molecular formula is C13H11N5O2. The second-order valence-corrected chi connectivity index (χ2v) is 4.29. The molecule has 0 saturated carbocycles. The van der Waals surface area contributed by atoms with E-state index in [4.69, 9.17) is 5.73 Å². The fourth-order valence-corrected chi connectivity index (χ4v) is 2.03. The van der Waals surface area contributed by atoms with Crippen LogP contribution in [-0.4, -0.2) is 34.1 Å². The van der Waals surface area contributed by atoms with Crippen molar-refractivity contribution < 1.29 is 9.59 Å². The maximum Gasteiger partial charge on any atom is 0.284 e. The Morgan fingerprint density at radius 2 is 2.35 bits per heavy atom. The number of aldehydes is 1. The zero-order chi connectivity index (χ0) is 14.1. The van der Waals surface area contributed by atoms with Crippen LogP contribution >= 0.6 is 0 Å². The number of fused-ring (bicyclic) bond motifs is 1. The highest BCUT2D eigenvalue weighted by atomic mass is 16.1. The highest BCUT2D eigenvalue weighted by molar-refractivity contribution is 6.37. The summed E-state index contributed by atoms with van der Waals surface area (Å²) >= 11 is 0. The Morgan fingerprint density at radius 3 is 3.00 bits per heavy atom. The molecule has 0 saturated heterocycles. The first-order valence-electron chi connectivity index (χ1n) is 5.91. The molecule has 3 N–H and O–H groups in total. The monoisotopic (exact) mass is 269 g/mol. The lowest BCUT2D eigenvalue weighted by atomic mass is 10.2. The van der Waals surface area contributed by atoms with Crippen LogP contribution in [0.2, 0.25) is 0 Å². The van der Waals surface area contributed by atoms with Crippen molar-refractivity contribution in [1.29, 1.82) is 0 Å². The molecule has 0 spiro atoms. The third-order valence-corrected chi connectivity index (χ3v) is 3.00. The molecule has 3 heterocycles. The predicted octanol–water partition coefficient (Wildman–Crippen LogP) is 0.134. The number of nitrogens with one attached hydrogen (secondary N) is 1. The normalized spacial score (nSPS) is 14.4. The van der Waals surface area contributed by atoms with Crippen LogP contribution in [-0.2, 0) is 4.79 Å². The van der Waals surface area contributed by atoms with E-state index < -0.39 is 5.91 Å². The number of hydrogen-bond donors (Lipinski definition) is 2. The Morgan fingerprint density at radius 1 is 1.50 bits per heavy atom. The van der Waals surface area contributed by atoms with Crippen molar-refractivity contribution in [2.24, 2.45) is 10.7 Å². The summed E-state index contributed by atoms with van der Waals surface area (Å²) in [6.07, 6.45) is 5.78. The maximum absolute atomic E-state index is 11.0. The van der Waals surface area contributed by atoms with Gasteiger partial charge in [0.05, 0.1) is 12.2 Å². The third kappa shape index (κ3) is 1.95. The van der Waals surface area contributed by atoms with Crippen molar-refractivity contribution in [1.82, 2.24) is 14.9 Å². The first-order chi connectivity index (χ1) is 9.69. The largest absolute Gasteiger partial charge is 0.363 e. The van der Waals surface area contributed by atoms with Gasteiger partial charge in [-0.25, -0.2) is 4.98 Å². The van der Waals surface area contributed by atoms with Gasteiger partial charge in [0.15, 0.2) is 12.1 Å². The summed E-state index contributed by atoms with van der Waals surface area (Å²) in [5.74, 6) is -0.451. The number of hydrogen-bond acceptors (Lipinski definition) is 5. The molecule has 2 aromatic rings. The van der Waals surface area contributed by atoms with Crippen molar-refractivity contribution in [3.8, 4) is 0 Å². The Hall–Kier alpha value is -2.96. The number of pyridine rings is 1. The first kappa shape index (κ1) is 12.1. The smallest absolute Gasteiger partial charge is 0.284 e. The first-order valence-corrected chi connectivity index (χ1v) is 5.91. The summed E-state index contributed by atoms with van der Waals surface area (Å²) in [6, 6.07) is 3.63. The number of primary amides is 1. The van der Waals surface area contributed by atoms with E-state index in [9.17, 15) is 9.59 Å². The molecule has 100 valence electrons. The minimum atomic E-state index is -0.591. The van der Waals surface area contributed by atoms with Crippen LogP contribution in [0.4, 0.5) is 0 Å². The number of aromatic nitrogens is 2. The summed E-state index contributed by atoms with van der Waals surface area (Å²) in [4.78, 5) is 30.0. The van der Waals surface area contributed by atoms with E-state index in [0.29, 0.717) is 12.1 Å². The zero-order valence-corrected chi connectivity index (χ0v) is 10.4. The van der Waals surface area contributed by atoms with Gasteiger partial charge in [-0.05, 0) is 12.1 Å². The number of carbonyl (C=O) groups is 2. The molecular weight excluding hydrogens is 258 g/mol. The molecule has 3 rings (SSSR count). The molecule has 0 atom stereocenters. The van der Waals surface area contributed by atoms with E-state index in [2.05, 4.69) is 15.3 Å². The van der Waals surface area contributed by atoms with Crippen molar-refractivity contribution in [3.63, 3.8) is 0 Å². The van der Waals surface area contributed by atoms with Gasteiger partial charge < -0.3 is 15.6 Å². The lowest BCUT2D eigenvalue weighted by Gasteiger charge is -2.14. The number of nitrogens with two attached hydrogens (primary N) is 1. The van der Waals surface area contributed by atoms with E-state index in [0.717, 1.165) is 23.0 Å². The van der Waals surface area contributed by atoms with Crippen LogP contribution in [0.25, 0.3) is 16.7 Å². The molecule has 0 bridgehead atoms. The van der Waals surface area contributed by atoms with Crippen molar-refractivity contribution >= 4 is 34.8 Å². The Bertz CT molecular complexity index is 772. The van der Waals surface area contributed by atoms with Crippen LogP contribution in [0.1, 0.15) is 10.4 Å². The quantitative estimate of drug-likeness (QED) is 0.773. The molecule has 2 aromatic heterocycles. The summed E-state index contributed by atoms with van der Waals surface area (Å²) in [7, 11) is 0. The molecule has 1 aliphatic heterocycles. The van der Waals surface area contributed by atoms with E-state index in [1.54, 1.807) is 12.3 Å². The fourth-order valence-electron chi connectivity index (χ4n) is 2.03. The number of amides is 1. The van der Waals surface area contributed by atoms with Gasteiger partial charge in [-0.15, -0.1) is 0 Å². The predicted molar refractivity (Wildman–Crippen MR) is 74.0 cm³/mol. The highest BCUT2D eigenvalue weighted by Gasteiger charge is 2.13. The molecule has 1 aliphatic rings. The average molecular weight is 269 g/mol. The Balaban J connectivity index is 1.96. The molecule has 0 aliphatic carbocycles. The van der Waals surface area contributed by atoms with Crippen molar-refractivity contribution in [2.45, 2.75) is 0 Å². The minimum absolute atomic E-state index is 0.140. The molecule has 1 amide bonds. The van der Waals surface area contributed by atoms with Gasteiger partial charge in [0.2, 0.25) is 0 Å². The molecule has 0 radical (unpaired) electrons. The molecule has 7 nitrogen and oxygen atoms in total. The number of aliphatic imine (C=N–C) groups is 1. The highest BCUT2D eigenvalue weighted by Crippen LogP contribution is 2.19. The zero-order valence-electron chi connectivity index (χ0n) is 10.4. The van der Waals surface area contributed by atoms with Crippen LogP contribution in [0.5, 0.6) is 0 Å². The minimum Gasteiger partial charge on any atom is -0.363 e. The van der Waals surface area contributed by atoms with Crippen molar-refractivity contribution in [3.05, 3.63) is 36.3 Å². The van der Waals surface area contributed by atoms with E-state index in [1.165, 1.54) is 6.20 Å². The van der Waals surface area contributed by atoms with Gasteiger partial charge in [0.1, 0.15) is 5.65 Å². The number of rotatable bonds is 3. The molecule has 0 fully saturated rings. The van der Waals surface area contributed by atoms with Gasteiger partial charge in [0, 0.05) is 29.5 Å². The van der Waals surface area contributed by atoms with Gasteiger partial charge in [-0.2, -0.15) is 0 Å². The number of carbonyl (C=O) groups excluding carboxylic acids is 2. The van der Waals surface area contributed by atoms with Crippen LogP contribution in [0, 0.1) is 0 Å². The van der Waals surface area contributed by atoms with Crippen LogP contribution in [0.3, 0.4) is 0 Å². The molecule has 0 aromatic carbocycles. The van der Waals surface area contributed by atoms with E-state index in [-0.39, 0.29) is 5.84 Å². The average Bonchev–Trinajstić information content (AvgIpc) is 2.90. The second-order valence-electron chi connectivity index (χ2n) is 4.29. The summed E-state index contributed by atoms with van der Waals surface area (Å²) in [6.45, 7) is 0.326. The van der Waals surface area contributed by atoms with Gasteiger partial charge >= 0.3 is 0 Å². The third-order valence-electron chi connectivity index (χ3n) is 3.00. The standard InChI is InChI=1S/C13H11N5O2/c14-11(20)12-15-5-10(6-16-12)18-2-1-9-3-8(7-19)4-17-13(9)18/h1-5,7H,6H2,(H2,14,20)(H,15,16). The molecule has 20 heavy (non-hydrogen) atoms. The molecule has 0 unspecified atom stereocenters. The topological polar surface area (TPSA) is 102 Å². The lowest BCUT2D eigenvalue weighted by molar-refractivity contribution is -0.112. The number of nitrogens with zero attached hydrogens (tertiary/aromatic N) is 3. The van der Waals surface area contributed by atoms with Crippen LogP contribution < -0.4 is 11.1 Å². The summed E-state index contributed by atoms with van der Waals surface area (Å²) < 4.78 is 1.85. The number of amidine groups is 1.